The van der Waals surface area contributed by atoms with Gasteiger partial charge in [0.25, 0.3) is 0 Å². The molecule has 0 saturated carbocycles. The van der Waals surface area contributed by atoms with Gasteiger partial charge in [-0.1, -0.05) is 11.3 Å². The molecule has 0 aliphatic carbocycles. The number of halogens is 1. The van der Waals surface area contributed by atoms with Crippen LogP contribution < -0.4 is 33.8 Å². The van der Waals surface area contributed by atoms with Gasteiger partial charge in [0.05, 0.1) is 20.3 Å². The maximum atomic E-state index is 11.8. The zero-order chi connectivity index (χ0) is 18.5. The summed E-state index contributed by atoms with van der Waals surface area (Å²) in [5.41, 5.74) is 0.823. The molecule has 0 saturated heterocycles. The smallest absolute Gasteiger partial charge is 0.354 e. The van der Waals surface area contributed by atoms with Crippen LogP contribution >= 0.6 is 11.3 Å². The molecule has 0 amide bonds. The first-order chi connectivity index (χ1) is 11.0. The maximum Gasteiger partial charge on any atom is 0.497 e. The van der Waals surface area contributed by atoms with Gasteiger partial charge in [-0.05, 0) is 12.2 Å². The molecule has 11 heteroatoms. The van der Waals surface area contributed by atoms with Gasteiger partial charge in [-0.15, -0.1) is 10.2 Å². The first-order valence-electron chi connectivity index (χ1n) is 6.47. The standard InChI is InChI=1S/C13H17N4OS.ClHO4/c1-15(2)12-14-9-11(19-12)6-5-10-7-8-16(3)13(18)17(10)4;2-1(3,4)5/h5-9H,1-4H3;(H,2,3,4,5)/q+1;/p-1. The van der Waals surface area contributed by atoms with Crippen LogP contribution in [0.5, 0.6) is 0 Å². The Balaban J connectivity index is 0.000000505. The molecule has 0 fully saturated rings. The second-order valence-corrected chi connectivity index (χ2v) is 6.64. The summed E-state index contributed by atoms with van der Waals surface area (Å²) in [4.78, 5) is 19.1. The van der Waals surface area contributed by atoms with Crippen molar-refractivity contribution in [1.29, 1.82) is 0 Å². The van der Waals surface area contributed by atoms with Crippen LogP contribution in [-0.4, -0.2) is 23.6 Å². The number of aromatic nitrogens is 3. The molecule has 2 aromatic rings. The van der Waals surface area contributed by atoms with Crippen LogP contribution in [0.15, 0.2) is 23.3 Å². The molecule has 0 aromatic carbocycles. The fraction of sp³-hybridized carbons (Fsp3) is 0.308. The van der Waals surface area contributed by atoms with Gasteiger partial charge in [0, 0.05) is 31.2 Å². The molecule has 2 heterocycles. The predicted molar refractivity (Wildman–Crippen MR) is 78.2 cm³/mol. The van der Waals surface area contributed by atoms with Crippen molar-refractivity contribution < 1.29 is 33.4 Å². The third kappa shape index (κ3) is 6.74. The summed E-state index contributed by atoms with van der Waals surface area (Å²) in [7, 11) is 2.49. The third-order valence-electron chi connectivity index (χ3n) is 2.76. The lowest BCUT2D eigenvalue weighted by Gasteiger charge is -2.17. The average Bonchev–Trinajstić information content (AvgIpc) is 2.91. The number of hydrogen-bond donors (Lipinski definition) is 0. The molecular weight excluding hydrogens is 360 g/mol. The minimum atomic E-state index is -4.94. The summed E-state index contributed by atoms with van der Waals surface area (Å²) in [5, 5.41) is 0.966. The highest BCUT2D eigenvalue weighted by Crippen LogP contribution is 2.21. The van der Waals surface area contributed by atoms with E-state index in [0.29, 0.717) is 0 Å². The van der Waals surface area contributed by atoms with Crippen LogP contribution in [0, 0.1) is 10.2 Å². The van der Waals surface area contributed by atoms with Crippen molar-refractivity contribution in [3.8, 4) is 0 Å². The van der Waals surface area contributed by atoms with Crippen LogP contribution in [0.2, 0.25) is 0 Å². The largest absolute Gasteiger partial charge is 0.497 e. The lowest BCUT2D eigenvalue weighted by molar-refractivity contribution is -2.00. The van der Waals surface area contributed by atoms with Crippen LogP contribution in [0.25, 0.3) is 12.2 Å². The van der Waals surface area contributed by atoms with Gasteiger partial charge >= 0.3 is 5.69 Å². The highest BCUT2D eigenvalue weighted by Gasteiger charge is 2.07. The number of aryl methyl sites for hydroxylation is 1. The fourth-order valence-electron chi connectivity index (χ4n) is 1.61. The molecule has 0 N–H and O–H groups in total. The minimum absolute atomic E-state index is 0.0413. The second kappa shape index (κ2) is 8.33. The summed E-state index contributed by atoms with van der Waals surface area (Å²) in [6.45, 7) is 0. The Morgan fingerprint density at radius 1 is 1.29 bits per heavy atom. The molecule has 2 rings (SSSR count). The second-order valence-electron chi connectivity index (χ2n) is 4.84. The molecule has 0 unspecified atom stereocenters. The molecule has 9 nitrogen and oxygen atoms in total. The van der Waals surface area contributed by atoms with Crippen molar-refractivity contribution >= 4 is 28.6 Å². The molecule has 0 aliphatic heterocycles. The Morgan fingerprint density at radius 2 is 1.88 bits per heavy atom. The molecule has 0 aliphatic rings. The lowest BCUT2D eigenvalue weighted by Crippen LogP contribution is -2.68. The molecular formula is C13H17ClN4O5S. The van der Waals surface area contributed by atoms with Crippen molar-refractivity contribution in [2.24, 2.45) is 14.1 Å². The monoisotopic (exact) mass is 376 g/mol. The van der Waals surface area contributed by atoms with Crippen molar-refractivity contribution in [3.05, 3.63) is 39.5 Å². The Hall–Kier alpha value is -1.82. The summed E-state index contributed by atoms with van der Waals surface area (Å²) < 4.78 is 37.1. The molecule has 0 radical (unpaired) electrons. The van der Waals surface area contributed by atoms with Gasteiger partial charge in [-0.25, -0.2) is 28.2 Å². The highest BCUT2D eigenvalue weighted by molar-refractivity contribution is 7.16. The molecule has 24 heavy (non-hydrogen) atoms. The van der Waals surface area contributed by atoms with Gasteiger partial charge in [-0.3, -0.25) is 0 Å². The number of rotatable bonds is 3. The third-order valence-corrected chi connectivity index (χ3v) is 3.89. The van der Waals surface area contributed by atoms with Crippen LogP contribution in [-0.2, 0) is 14.1 Å². The number of anilines is 1. The highest BCUT2D eigenvalue weighted by atomic mass is 35.7. The van der Waals surface area contributed by atoms with E-state index in [9.17, 15) is 4.79 Å². The van der Waals surface area contributed by atoms with Crippen LogP contribution in [0.4, 0.5) is 5.13 Å². The summed E-state index contributed by atoms with van der Waals surface area (Å²) in [6, 6.07) is 1.91. The van der Waals surface area contributed by atoms with Crippen molar-refractivity contribution in [1.82, 2.24) is 9.55 Å². The maximum absolute atomic E-state index is 11.8. The number of hydrogen-bond acceptors (Lipinski definition) is 8. The quantitative estimate of drug-likeness (QED) is 0.500. The van der Waals surface area contributed by atoms with Gasteiger partial charge in [-0.2, -0.15) is 9.36 Å². The zero-order valence-electron chi connectivity index (χ0n) is 13.5. The molecule has 0 bridgehead atoms. The molecule has 0 spiro atoms. The van der Waals surface area contributed by atoms with E-state index in [1.807, 2.05) is 43.4 Å². The summed E-state index contributed by atoms with van der Waals surface area (Å²) in [5.74, 6) is 0. The van der Waals surface area contributed by atoms with Crippen molar-refractivity contribution in [3.63, 3.8) is 0 Å². The molecule has 2 aromatic heterocycles. The van der Waals surface area contributed by atoms with Gasteiger partial charge < -0.3 is 4.90 Å². The Labute approximate surface area is 144 Å². The zero-order valence-corrected chi connectivity index (χ0v) is 15.1. The average molecular weight is 377 g/mol. The van der Waals surface area contributed by atoms with Gasteiger partial charge in [0.2, 0.25) is 0 Å². The SMILES string of the molecule is CN(C)c1ncc(C=Cc2ccn(C)c(=O)[n+]2C)s1.[O-][Cl+3]([O-])([O-])[O-]. The number of nitrogens with zero attached hydrogens (tertiary/aromatic N) is 4. The summed E-state index contributed by atoms with van der Waals surface area (Å²) in [6.07, 6.45) is 7.49. The van der Waals surface area contributed by atoms with E-state index in [4.69, 9.17) is 18.6 Å². The van der Waals surface area contributed by atoms with Crippen molar-refractivity contribution in [2.75, 3.05) is 19.0 Å². The van der Waals surface area contributed by atoms with Crippen LogP contribution in [0.3, 0.4) is 0 Å². The van der Waals surface area contributed by atoms with Crippen molar-refractivity contribution in [2.45, 2.75) is 0 Å². The first-order valence-corrected chi connectivity index (χ1v) is 8.53. The van der Waals surface area contributed by atoms with E-state index in [2.05, 4.69) is 4.98 Å². The van der Waals surface area contributed by atoms with Gasteiger partial charge in [0.15, 0.2) is 5.13 Å². The van der Waals surface area contributed by atoms with E-state index in [1.54, 1.807) is 40.8 Å². The first kappa shape index (κ1) is 20.2. The topological polar surface area (TPSA) is 134 Å². The Bertz CT molecular complexity index is 760. The van der Waals surface area contributed by atoms with E-state index in [0.717, 1.165) is 15.7 Å². The number of thiazole rings is 1. The van der Waals surface area contributed by atoms with E-state index >= 15 is 0 Å². The minimum Gasteiger partial charge on any atom is -0.354 e. The summed E-state index contributed by atoms with van der Waals surface area (Å²) >= 11 is 1.61. The molecule has 132 valence electrons. The lowest BCUT2D eigenvalue weighted by atomic mass is 10.3. The van der Waals surface area contributed by atoms with Crippen LogP contribution in [0.1, 0.15) is 10.6 Å². The fourth-order valence-corrected chi connectivity index (χ4v) is 2.35. The van der Waals surface area contributed by atoms with E-state index in [-0.39, 0.29) is 5.69 Å². The van der Waals surface area contributed by atoms with E-state index in [1.165, 1.54) is 0 Å². The Kier molecular flexibility index (Phi) is 7.02. The van der Waals surface area contributed by atoms with Gasteiger partial charge in [0.1, 0.15) is 5.69 Å². The predicted octanol–water partition coefficient (Wildman–Crippen LogP) is -3.85. The normalized spacial score (nSPS) is 11.3. The Morgan fingerprint density at radius 3 is 2.38 bits per heavy atom. The van der Waals surface area contributed by atoms with E-state index < -0.39 is 10.2 Å². The molecule has 0 atom stereocenters.